The van der Waals surface area contributed by atoms with Crippen molar-refractivity contribution in [2.75, 3.05) is 44.6 Å². The van der Waals surface area contributed by atoms with E-state index in [4.69, 9.17) is 4.74 Å². The molecule has 3 saturated heterocycles. The minimum Gasteiger partial charge on any atom is -0.507 e. The number of rotatable bonds is 8. The molecule has 10 heteroatoms. The maximum atomic E-state index is 14.0. The summed E-state index contributed by atoms with van der Waals surface area (Å²) in [6.07, 6.45) is 7.38. The van der Waals surface area contributed by atoms with Gasteiger partial charge in [-0.3, -0.25) is 14.5 Å². The molecule has 0 spiro atoms. The first-order chi connectivity index (χ1) is 23.6. The van der Waals surface area contributed by atoms with Gasteiger partial charge in [0.05, 0.1) is 6.10 Å². The second-order valence-electron chi connectivity index (χ2n) is 15.0. The largest absolute Gasteiger partial charge is 0.507 e. The average molecular weight is 675 g/mol. The number of β-amino-alcohol motifs (C(OH)–C–C–N with tert-alkyl or cyclic N) is 1. The first-order valence-electron chi connectivity index (χ1n) is 18.5. The first kappa shape index (κ1) is 35.2. The molecular weight excluding hydrogens is 620 g/mol. The summed E-state index contributed by atoms with van der Waals surface area (Å²) < 4.78 is 6.06. The molecule has 3 atom stereocenters. The highest BCUT2D eigenvalue weighted by Gasteiger charge is 2.36. The van der Waals surface area contributed by atoms with Crippen LogP contribution in [0.3, 0.4) is 0 Å². The second kappa shape index (κ2) is 15.9. The third-order valence-electron chi connectivity index (χ3n) is 11.4. The Morgan fingerprint density at radius 1 is 0.898 bits per heavy atom. The van der Waals surface area contributed by atoms with Crippen LogP contribution in [-0.4, -0.2) is 100 Å². The molecule has 0 aromatic heterocycles. The van der Waals surface area contributed by atoms with E-state index >= 15 is 0 Å². The Bertz CT molecular complexity index is 1460. The fourth-order valence-corrected chi connectivity index (χ4v) is 8.42. The van der Waals surface area contributed by atoms with Crippen LogP contribution in [0.15, 0.2) is 36.4 Å². The van der Waals surface area contributed by atoms with E-state index < -0.39 is 12.2 Å². The van der Waals surface area contributed by atoms with E-state index in [2.05, 4.69) is 16.3 Å². The zero-order valence-corrected chi connectivity index (χ0v) is 29.2. The van der Waals surface area contributed by atoms with E-state index in [0.717, 1.165) is 86.7 Å². The van der Waals surface area contributed by atoms with Crippen LogP contribution < -0.4 is 5.32 Å². The SMILES string of the molecule is Cc1cc(C[C@@H](OC(=O)N2CCC(CCC3CCc4ccccc4NC(=O)C3)CC2)C(=O)N2CCC(N3CC[C@@H](O)C3)CC2)cc(C)c1O. The highest BCUT2D eigenvalue weighted by molar-refractivity contribution is 5.92. The van der Waals surface area contributed by atoms with Crippen molar-refractivity contribution in [1.29, 1.82) is 0 Å². The predicted octanol–water partition coefficient (Wildman–Crippen LogP) is 5.20. The Morgan fingerprint density at radius 2 is 1.57 bits per heavy atom. The topological polar surface area (TPSA) is 123 Å². The van der Waals surface area contributed by atoms with E-state index in [1.807, 2.05) is 49.1 Å². The molecule has 4 aliphatic rings. The van der Waals surface area contributed by atoms with Crippen molar-refractivity contribution in [2.24, 2.45) is 11.8 Å². The Labute approximate surface area is 290 Å². The number of anilines is 1. The Hall–Kier alpha value is -3.63. The van der Waals surface area contributed by atoms with Gasteiger partial charge in [0.1, 0.15) is 5.75 Å². The van der Waals surface area contributed by atoms with Crippen molar-refractivity contribution in [2.45, 2.75) is 103 Å². The highest BCUT2D eigenvalue weighted by atomic mass is 16.6. The van der Waals surface area contributed by atoms with E-state index in [1.54, 1.807) is 4.90 Å². The van der Waals surface area contributed by atoms with Gasteiger partial charge in [0, 0.05) is 63.8 Å². The second-order valence-corrected chi connectivity index (χ2v) is 15.0. The Balaban J connectivity index is 1.02. The number of hydrogen-bond acceptors (Lipinski definition) is 7. The number of likely N-dealkylation sites (tertiary alicyclic amines) is 3. The number of benzene rings is 2. The number of aliphatic hydroxyl groups excluding tert-OH is 1. The third-order valence-corrected chi connectivity index (χ3v) is 11.4. The number of fused-ring (bicyclic) bond motifs is 1. The number of aryl methyl sites for hydroxylation is 3. The van der Waals surface area contributed by atoms with E-state index in [1.165, 1.54) is 5.56 Å². The van der Waals surface area contributed by atoms with Crippen LogP contribution in [0.2, 0.25) is 0 Å². The highest BCUT2D eigenvalue weighted by Crippen LogP contribution is 2.31. The van der Waals surface area contributed by atoms with Gasteiger partial charge in [-0.2, -0.15) is 0 Å². The van der Waals surface area contributed by atoms with Crippen molar-refractivity contribution in [1.82, 2.24) is 14.7 Å². The number of carbonyl (C=O) groups excluding carboxylic acids is 3. The molecule has 3 fully saturated rings. The summed E-state index contributed by atoms with van der Waals surface area (Å²) in [4.78, 5) is 46.1. The van der Waals surface area contributed by atoms with E-state index in [-0.39, 0.29) is 30.1 Å². The number of carbonyl (C=O) groups is 3. The number of nitrogens with zero attached hydrogens (tertiary/aromatic N) is 3. The molecule has 4 heterocycles. The number of aromatic hydroxyl groups is 1. The molecule has 49 heavy (non-hydrogen) atoms. The van der Waals surface area contributed by atoms with Crippen LogP contribution in [0.25, 0.3) is 0 Å². The monoisotopic (exact) mass is 674 g/mol. The molecule has 3 N–H and O–H groups in total. The zero-order chi connectivity index (χ0) is 34.5. The number of amides is 3. The molecule has 3 amide bonds. The quantitative estimate of drug-likeness (QED) is 0.352. The van der Waals surface area contributed by atoms with Gasteiger partial charge in [0.25, 0.3) is 5.91 Å². The molecule has 1 unspecified atom stereocenters. The lowest BCUT2D eigenvalue weighted by atomic mass is 9.84. The number of phenols is 1. The van der Waals surface area contributed by atoms with Gasteiger partial charge >= 0.3 is 6.09 Å². The fourth-order valence-electron chi connectivity index (χ4n) is 8.42. The summed E-state index contributed by atoms with van der Waals surface area (Å²) in [5, 5.41) is 23.4. The van der Waals surface area contributed by atoms with Gasteiger partial charge < -0.3 is 30.1 Å². The number of hydrogen-bond donors (Lipinski definition) is 3. The van der Waals surface area contributed by atoms with Crippen LogP contribution in [0, 0.1) is 25.7 Å². The first-order valence-corrected chi connectivity index (χ1v) is 18.5. The van der Waals surface area contributed by atoms with Crippen LogP contribution in [-0.2, 0) is 27.2 Å². The van der Waals surface area contributed by atoms with Crippen LogP contribution in [0.1, 0.15) is 80.0 Å². The normalized spacial score (nSPS) is 23.4. The maximum absolute atomic E-state index is 14.0. The smallest absolute Gasteiger partial charge is 0.410 e. The summed E-state index contributed by atoms with van der Waals surface area (Å²) in [6, 6.07) is 12.2. The number of phenolic OH excluding ortho intramolecular Hbond substituents is 1. The van der Waals surface area contributed by atoms with E-state index in [9.17, 15) is 24.6 Å². The van der Waals surface area contributed by atoms with Gasteiger partial charge in [-0.05, 0) is 105 Å². The molecule has 2 aromatic carbocycles. The third kappa shape index (κ3) is 8.94. The standard InChI is InChI=1S/C39H54N4O6/c1-26-21-30(22-27(2)37(26)46)23-35(38(47)41-18-13-32(14-19-41)43-20-15-33(44)25-43)49-39(48)42-16-11-28(12-17-42)7-8-29-9-10-31-5-3-4-6-34(31)40-36(45)24-29/h3-6,21-22,28-29,32-33,35,44,46H,7-20,23-25H2,1-2H3,(H,40,45)/t29?,33-,35-/m1/s1. The van der Waals surface area contributed by atoms with Crippen molar-refractivity contribution >= 4 is 23.6 Å². The summed E-state index contributed by atoms with van der Waals surface area (Å²) in [5.41, 5.74) is 4.45. The molecule has 4 aliphatic heterocycles. The number of aliphatic hydroxyl groups is 1. The predicted molar refractivity (Wildman–Crippen MR) is 188 cm³/mol. The van der Waals surface area contributed by atoms with E-state index in [0.29, 0.717) is 57.0 Å². The molecule has 10 nitrogen and oxygen atoms in total. The average Bonchev–Trinajstić information content (AvgIpc) is 3.53. The number of nitrogens with one attached hydrogen (secondary N) is 1. The minimum atomic E-state index is -0.950. The summed E-state index contributed by atoms with van der Waals surface area (Å²) in [5.74, 6) is 0.999. The molecule has 2 aromatic rings. The lowest BCUT2D eigenvalue weighted by Gasteiger charge is -2.38. The summed E-state index contributed by atoms with van der Waals surface area (Å²) >= 11 is 0. The molecule has 0 bridgehead atoms. The fraction of sp³-hybridized carbons (Fsp3) is 0.615. The van der Waals surface area contributed by atoms with Crippen molar-refractivity contribution in [3.63, 3.8) is 0 Å². The van der Waals surface area contributed by atoms with Gasteiger partial charge in [0.15, 0.2) is 6.10 Å². The number of piperidine rings is 2. The van der Waals surface area contributed by atoms with Crippen LogP contribution in [0.5, 0.6) is 5.75 Å². The lowest BCUT2D eigenvalue weighted by Crippen LogP contribution is -2.51. The summed E-state index contributed by atoms with van der Waals surface area (Å²) in [7, 11) is 0. The molecule has 6 rings (SSSR count). The molecular formula is C39H54N4O6. The van der Waals surface area contributed by atoms with Crippen LogP contribution >= 0.6 is 0 Å². The molecule has 0 radical (unpaired) electrons. The lowest BCUT2D eigenvalue weighted by molar-refractivity contribution is -0.142. The van der Waals surface area contributed by atoms with Gasteiger partial charge in [0.2, 0.25) is 5.91 Å². The van der Waals surface area contributed by atoms with Crippen molar-refractivity contribution in [3.05, 3.63) is 58.7 Å². The minimum absolute atomic E-state index is 0.0900. The summed E-state index contributed by atoms with van der Waals surface area (Å²) in [6.45, 7) is 7.64. The maximum Gasteiger partial charge on any atom is 0.410 e. The van der Waals surface area contributed by atoms with Gasteiger partial charge in [-0.1, -0.05) is 36.8 Å². The van der Waals surface area contributed by atoms with Crippen molar-refractivity contribution in [3.8, 4) is 5.75 Å². The Kier molecular flexibility index (Phi) is 11.4. The van der Waals surface area contributed by atoms with Crippen LogP contribution in [0.4, 0.5) is 10.5 Å². The number of ether oxygens (including phenoxy) is 1. The molecule has 266 valence electrons. The van der Waals surface area contributed by atoms with Gasteiger partial charge in [-0.15, -0.1) is 0 Å². The molecule has 0 aliphatic carbocycles. The number of para-hydroxylation sites is 1. The Morgan fingerprint density at radius 3 is 2.27 bits per heavy atom. The molecule has 0 saturated carbocycles. The zero-order valence-electron chi connectivity index (χ0n) is 29.2. The van der Waals surface area contributed by atoms with Crippen molar-refractivity contribution < 1.29 is 29.3 Å². The van der Waals surface area contributed by atoms with Gasteiger partial charge in [-0.25, -0.2) is 4.79 Å².